The Bertz CT molecular complexity index is 475. The normalized spacial score (nSPS) is 18.7. The first-order valence-electron chi connectivity index (χ1n) is 5.81. The predicted molar refractivity (Wildman–Crippen MR) is 70.6 cm³/mol. The minimum atomic E-state index is -0.0682. The van der Waals surface area contributed by atoms with Gasteiger partial charge in [-0.1, -0.05) is 32.1 Å². The molecule has 0 unspecified atom stereocenters. The van der Waals surface area contributed by atoms with Gasteiger partial charge < -0.3 is 11.1 Å². The number of nitrogens with one attached hydrogen (secondary N) is 1. The maximum absolute atomic E-state index is 11.7. The molecule has 0 saturated heterocycles. The van der Waals surface area contributed by atoms with Gasteiger partial charge in [0.2, 0.25) is 0 Å². The lowest BCUT2D eigenvalue weighted by Gasteiger charge is -2.27. The van der Waals surface area contributed by atoms with Gasteiger partial charge in [-0.05, 0) is 17.5 Å². The number of hydrogen-bond acceptors (Lipinski definition) is 3. The quantitative estimate of drug-likeness (QED) is 0.768. The van der Waals surface area contributed by atoms with Crippen LogP contribution in [-0.2, 0) is 4.79 Å². The van der Waals surface area contributed by atoms with E-state index in [1.54, 1.807) is 0 Å². The second-order valence-corrected chi connectivity index (χ2v) is 5.26. The Hall–Kier alpha value is -1.77. The number of Topliss-reactive ketones (excluding diaryl/α,β-unsaturated/α-hetero) is 1. The molecule has 0 bridgehead atoms. The highest BCUT2D eigenvalue weighted by Gasteiger charge is 2.26. The molecule has 0 aromatic heterocycles. The number of hydrogen-bond donors (Lipinski definition) is 2. The molecule has 0 amide bonds. The van der Waals surface area contributed by atoms with Crippen LogP contribution in [0.4, 0.5) is 11.4 Å². The highest BCUT2D eigenvalue weighted by atomic mass is 16.1. The summed E-state index contributed by atoms with van der Waals surface area (Å²) in [6, 6.07) is 7.58. The van der Waals surface area contributed by atoms with Crippen molar-refractivity contribution in [3.05, 3.63) is 36.0 Å². The van der Waals surface area contributed by atoms with Crippen LogP contribution in [0.15, 0.2) is 36.0 Å². The number of rotatable bonds is 2. The van der Waals surface area contributed by atoms with Gasteiger partial charge in [0.05, 0.1) is 11.4 Å². The fourth-order valence-corrected chi connectivity index (χ4v) is 2.22. The van der Waals surface area contributed by atoms with Crippen LogP contribution in [0.25, 0.3) is 0 Å². The number of ketones is 1. The zero-order valence-electron chi connectivity index (χ0n) is 10.3. The maximum atomic E-state index is 11.7. The van der Waals surface area contributed by atoms with E-state index < -0.39 is 0 Å². The summed E-state index contributed by atoms with van der Waals surface area (Å²) in [5.41, 5.74) is 8.31. The fourth-order valence-electron chi connectivity index (χ4n) is 2.22. The van der Waals surface area contributed by atoms with E-state index in [9.17, 15) is 4.79 Å². The van der Waals surface area contributed by atoms with Crippen molar-refractivity contribution in [2.24, 2.45) is 5.41 Å². The molecule has 1 aromatic rings. The van der Waals surface area contributed by atoms with Crippen LogP contribution >= 0.6 is 0 Å². The van der Waals surface area contributed by atoms with Gasteiger partial charge in [-0.15, -0.1) is 0 Å². The summed E-state index contributed by atoms with van der Waals surface area (Å²) in [4.78, 5) is 11.7. The summed E-state index contributed by atoms with van der Waals surface area (Å²) in [7, 11) is 0. The molecule has 0 fully saturated rings. The molecule has 3 heteroatoms. The lowest BCUT2D eigenvalue weighted by atomic mass is 9.81. The molecule has 3 N–H and O–H groups in total. The van der Waals surface area contributed by atoms with Crippen LogP contribution in [0.5, 0.6) is 0 Å². The van der Waals surface area contributed by atoms with E-state index >= 15 is 0 Å². The largest absolute Gasteiger partial charge is 0.397 e. The van der Waals surface area contributed by atoms with Gasteiger partial charge in [-0.2, -0.15) is 0 Å². The third-order valence-electron chi connectivity index (χ3n) is 2.86. The first kappa shape index (κ1) is 11.7. The van der Waals surface area contributed by atoms with E-state index in [2.05, 4.69) is 25.2 Å². The highest BCUT2D eigenvalue weighted by molar-refractivity contribution is 5.84. The average Bonchev–Trinajstić information content (AvgIpc) is 2.18. The number of anilines is 2. The molecule has 1 aromatic carbocycles. The standard InChI is InChI=1S/C14H18N2O/c1-14(2)8-10(7-11(17)9-14)16-13-6-4-3-5-12(13)15/h3-6,8,16H,7,9,15H2,1-2H3. The summed E-state index contributed by atoms with van der Waals surface area (Å²) in [6.45, 7) is 4.14. The first-order valence-corrected chi connectivity index (χ1v) is 5.81. The molecular formula is C14H18N2O. The van der Waals surface area contributed by atoms with Gasteiger partial charge in [0, 0.05) is 18.5 Å². The summed E-state index contributed by atoms with van der Waals surface area (Å²) >= 11 is 0. The number of benzene rings is 1. The molecule has 0 radical (unpaired) electrons. The topological polar surface area (TPSA) is 55.1 Å². The van der Waals surface area contributed by atoms with Gasteiger partial charge in [0.1, 0.15) is 5.78 Å². The zero-order chi connectivity index (χ0) is 12.5. The maximum Gasteiger partial charge on any atom is 0.139 e. The lowest BCUT2D eigenvalue weighted by Crippen LogP contribution is -2.23. The molecular weight excluding hydrogens is 212 g/mol. The Kier molecular flexibility index (Phi) is 2.92. The van der Waals surface area contributed by atoms with Gasteiger partial charge in [-0.25, -0.2) is 0 Å². The summed E-state index contributed by atoms with van der Waals surface area (Å²) in [5.74, 6) is 0.273. The zero-order valence-corrected chi connectivity index (χ0v) is 10.3. The Morgan fingerprint density at radius 3 is 2.65 bits per heavy atom. The van der Waals surface area contributed by atoms with E-state index in [0.29, 0.717) is 18.5 Å². The van der Waals surface area contributed by atoms with Gasteiger partial charge in [0.25, 0.3) is 0 Å². The molecule has 0 saturated carbocycles. The minimum absolute atomic E-state index is 0.0682. The monoisotopic (exact) mass is 230 g/mol. The summed E-state index contributed by atoms with van der Waals surface area (Å²) in [5, 5.41) is 3.25. The Labute approximate surface area is 102 Å². The van der Waals surface area contributed by atoms with E-state index in [1.807, 2.05) is 24.3 Å². The molecule has 1 aliphatic rings. The molecule has 0 spiro atoms. The van der Waals surface area contributed by atoms with Crippen molar-refractivity contribution in [3.8, 4) is 0 Å². The number of nitrogens with two attached hydrogens (primary N) is 1. The molecule has 3 nitrogen and oxygen atoms in total. The van der Waals surface area contributed by atoms with Crippen LogP contribution in [0.3, 0.4) is 0 Å². The van der Waals surface area contributed by atoms with E-state index in [4.69, 9.17) is 5.73 Å². The molecule has 0 aliphatic heterocycles. The molecule has 17 heavy (non-hydrogen) atoms. The van der Waals surface area contributed by atoms with Gasteiger partial charge in [-0.3, -0.25) is 4.79 Å². The third kappa shape index (κ3) is 2.87. The average molecular weight is 230 g/mol. The molecule has 1 aliphatic carbocycles. The van der Waals surface area contributed by atoms with E-state index in [1.165, 1.54) is 0 Å². The molecule has 90 valence electrons. The second kappa shape index (κ2) is 4.24. The van der Waals surface area contributed by atoms with Crippen LogP contribution in [-0.4, -0.2) is 5.78 Å². The van der Waals surface area contributed by atoms with Crippen LogP contribution in [0.1, 0.15) is 26.7 Å². The minimum Gasteiger partial charge on any atom is -0.397 e. The van der Waals surface area contributed by atoms with Gasteiger partial charge >= 0.3 is 0 Å². The fraction of sp³-hybridized carbons (Fsp3) is 0.357. The molecule has 0 heterocycles. The highest BCUT2D eigenvalue weighted by Crippen LogP contribution is 2.32. The van der Waals surface area contributed by atoms with Crippen molar-refractivity contribution in [1.82, 2.24) is 0 Å². The third-order valence-corrected chi connectivity index (χ3v) is 2.86. The molecule has 2 rings (SSSR count). The Morgan fingerprint density at radius 2 is 2.00 bits per heavy atom. The Morgan fingerprint density at radius 1 is 1.29 bits per heavy atom. The van der Waals surface area contributed by atoms with Crippen LogP contribution < -0.4 is 11.1 Å². The number of allylic oxidation sites excluding steroid dienone is 2. The second-order valence-electron chi connectivity index (χ2n) is 5.26. The van der Waals surface area contributed by atoms with Crippen LogP contribution in [0.2, 0.25) is 0 Å². The van der Waals surface area contributed by atoms with Crippen molar-refractivity contribution in [2.45, 2.75) is 26.7 Å². The SMILES string of the molecule is CC1(C)C=C(Nc2ccccc2N)CC(=O)C1. The van der Waals surface area contributed by atoms with Crippen molar-refractivity contribution in [2.75, 3.05) is 11.1 Å². The van der Waals surface area contributed by atoms with E-state index in [0.717, 1.165) is 11.4 Å². The van der Waals surface area contributed by atoms with Crippen molar-refractivity contribution < 1.29 is 4.79 Å². The van der Waals surface area contributed by atoms with E-state index in [-0.39, 0.29) is 11.2 Å². The number of para-hydroxylation sites is 2. The number of carbonyl (C=O) groups excluding carboxylic acids is 1. The first-order chi connectivity index (χ1) is 7.96. The summed E-state index contributed by atoms with van der Waals surface area (Å²) in [6.07, 6.45) is 3.21. The van der Waals surface area contributed by atoms with Crippen molar-refractivity contribution in [1.29, 1.82) is 0 Å². The molecule has 0 atom stereocenters. The smallest absolute Gasteiger partial charge is 0.139 e. The van der Waals surface area contributed by atoms with Crippen molar-refractivity contribution >= 4 is 17.2 Å². The summed E-state index contributed by atoms with van der Waals surface area (Å²) < 4.78 is 0. The van der Waals surface area contributed by atoms with Crippen molar-refractivity contribution in [3.63, 3.8) is 0 Å². The number of nitrogen functional groups attached to an aromatic ring is 1. The van der Waals surface area contributed by atoms with Crippen LogP contribution in [0, 0.1) is 5.41 Å². The predicted octanol–water partition coefficient (Wildman–Crippen LogP) is 2.95. The van der Waals surface area contributed by atoms with Gasteiger partial charge in [0.15, 0.2) is 0 Å². The lowest BCUT2D eigenvalue weighted by molar-refractivity contribution is -0.120. The number of carbonyl (C=O) groups is 1. The Balaban J connectivity index is 2.22.